The SMILES string of the molecule is CCC#N.COC1(n2cc(-c3ncnc4[nH]ccc34)cn2)CCCC1.O=P(O)(O)O. The first-order valence-corrected chi connectivity index (χ1v) is 10.8. The Hall–Kier alpha value is -2.61. The van der Waals surface area contributed by atoms with E-state index in [1.165, 1.54) is 12.8 Å². The van der Waals surface area contributed by atoms with Gasteiger partial charge in [0, 0.05) is 36.9 Å². The second kappa shape index (κ2) is 10.4. The first-order chi connectivity index (χ1) is 14.2. The molecule has 12 heteroatoms. The zero-order valence-electron chi connectivity index (χ0n) is 16.8. The molecule has 0 bridgehead atoms. The Labute approximate surface area is 173 Å². The van der Waals surface area contributed by atoms with Gasteiger partial charge in [-0.2, -0.15) is 10.4 Å². The van der Waals surface area contributed by atoms with Gasteiger partial charge in [0.15, 0.2) is 5.72 Å². The smallest absolute Gasteiger partial charge is 0.357 e. The van der Waals surface area contributed by atoms with Crippen molar-refractivity contribution in [3.8, 4) is 17.3 Å². The summed E-state index contributed by atoms with van der Waals surface area (Å²) in [5, 5.41) is 13.2. The van der Waals surface area contributed by atoms with E-state index in [-0.39, 0.29) is 5.72 Å². The first-order valence-electron chi connectivity index (χ1n) is 9.28. The third-order valence-corrected chi connectivity index (χ3v) is 4.55. The van der Waals surface area contributed by atoms with Crippen molar-refractivity contribution in [3.05, 3.63) is 31.0 Å². The minimum absolute atomic E-state index is 0.289. The topological polar surface area (TPSA) is 170 Å². The highest BCUT2D eigenvalue weighted by atomic mass is 31.2. The van der Waals surface area contributed by atoms with Gasteiger partial charge in [0.05, 0.1) is 18.0 Å². The lowest BCUT2D eigenvalue weighted by Crippen LogP contribution is -2.32. The second-order valence-electron chi connectivity index (χ2n) is 6.52. The predicted octanol–water partition coefficient (Wildman–Crippen LogP) is 2.69. The van der Waals surface area contributed by atoms with Crippen LogP contribution in [0, 0.1) is 11.3 Å². The van der Waals surface area contributed by atoms with E-state index in [4.69, 9.17) is 29.2 Å². The molecule has 0 atom stereocenters. The Kier molecular flexibility index (Phi) is 8.23. The molecule has 4 rings (SSSR count). The molecular weight excluding hydrogens is 411 g/mol. The standard InChI is InChI=1S/C15H17N5O.C3H5N.H3O4P/c1-21-15(5-2-3-6-15)20-9-11(8-19-20)13-12-4-7-16-14(12)18-10-17-13;1-2-3-4;1-5(2,3)4/h4,7-10H,2-3,5-6H2,1H3,(H,16,17,18);2H2,1H3;(H3,1,2,3,4). The normalized spacial score (nSPS) is 14.9. The number of hydrogen-bond acceptors (Lipinski definition) is 6. The van der Waals surface area contributed by atoms with Crippen molar-refractivity contribution in [2.45, 2.75) is 44.8 Å². The maximum Gasteiger partial charge on any atom is 0.466 e. The molecule has 1 aliphatic carbocycles. The van der Waals surface area contributed by atoms with Crippen molar-refractivity contribution in [2.75, 3.05) is 7.11 Å². The van der Waals surface area contributed by atoms with Gasteiger partial charge in [-0.05, 0) is 31.7 Å². The van der Waals surface area contributed by atoms with Crippen LogP contribution in [0.5, 0.6) is 0 Å². The molecule has 0 amide bonds. The molecule has 1 aliphatic rings. The van der Waals surface area contributed by atoms with Crippen molar-refractivity contribution in [1.29, 1.82) is 5.26 Å². The number of nitrogens with one attached hydrogen (secondary N) is 1. The number of phosphoric acid groups is 1. The van der Waals surface area contributed by atoms with E-state index in [0.29, 0.717) is 6.42 Å². The maximum absolute atomic E-state index is 8.88. The number of ether oxygens (including phenoxy) is 1. The van der Waals surface area contributed by atoms with Crippen LogP contribution < -0.4 is 0 Å². The number of hydrogen-bond donors (Lipinski definition) is 4. The van der Waals surface area contributed by atoms with Gasteiger partial charge in [-0.25, -0.2) is 19.2 Å². The van der Waals surface area contributed by atoms with Gasteiger partial charge in [-0.15, -0.1) is 0 Å². The summed E-state index contributed by atoms with van der Waals surface area (Å²) in [5.41, 5.74) is 2.44. The summed E-state index contributed by atoms with van der Waals surface area (Å²) in [5.74, 6) is 0. The lowest BCUT2D eigenvalue weighted by atomic mass is 10.1. The van der Waals surface area contributed by atoms with Crippen LogP contribution >= 0.6 is 7.82 Å². The van der Waals surface area contributed by atoms with Crippen molar-refractivity contribution < 1.29 is 24.0 Å². The number of rotatable bonds is 3. The number of fused-ring (bicyclic) bond motifs is 1. The Bertz CT molecular complexity index is 1020. The monoisotopic (exact) mass is 436 g/mol. The maximum atomic E-state index is 8.88. The molecule has 0 unspecified atom stereocenters. The summed E-state index contributed by atoms with van der Waals surface area (Å²) in [6.45, 7) is 1.82. The number of aromatic amines is 1. The van der Waals surface area contributed by atoms with E-state index in [0.717, 1.165) is 35.1 Å². The summed E-state index contributed by atoms with van der Waals surface area (Å²) >= 11 is 0. The van der Waals surface area contributed by atoms with Crippen molar-refractivity contribution in [2.24, 2.45) is 0 Å². The number of methoxy groups -OCH3 is 1. The number of aromatic nitrogens is 5. The molecule has 4 N–H and O–H groups in total. The molecule has 1 fully saturated rings. The van der Waals surface area contributed by atoms with Gasteiger partial charge < -0.3 is 24.4 Å². The summed E-state index contributed by atoms with van der Waals surface area (Å²) in [6, 6.07) is 3.92. The molecule has 1 saturated carbocycles. The molecule has 162 valence electrons. The molecule has 3 aromatic rings. The predicted molar refractivity (Wildman–Crippen MR) is 109 cm³/mol. The molecule has 30 heavy (non-hydrogen) atoms. The summed E-state index contributed by atoms with van der Waals surface area (Å²) < 4.78 is 16.6. The van der Waals surface area contributed by atoms with Gasteiger partial charge in [-0.3, -0.25) is 0 Å². The quantitative estimate of drug-likeness (QED) is 0.451. The molecule has 3 aromatic heterocycles. The van der Waals surface area contributed by atoms with E-state index < -0.39 is 7.82 Å². The molecule has 0 spiro atoms. The fourth-order valence-electron chi connectivity index (χ4n) is 3.22. The third-order valence-electron chi connectivity index (χ3n) is 4.55. The number of H-pyrrole nitrogens is 1. The minimum Gasteiger partial charge on any atom is -0.357 e. The fraction of sp³-hybridized carbons (Fsp3) is 0.444. The van der Waals surface area contributed by atoms with Crippen LogP contribution in [0.15, 0.2) is 31.0 Å². The van der Waals surface area contributed by atoms with E-state index in [2.05, 4.69) is 20.1 Å². The Morgan fingerprint density at radius 3 is 2.53 bits per heavy atom. The van der Waals surface area contributed by atoms with Gasteiger partial charge in [0.1, 0.15) is 12.0 Å². The van der Waals surface area contributed by atoms with Crippen LogP contribution in [0.3, 0.4) is 0 Å². The fourth-order valence-corrected chi connectivity index (χ4v) is 3.22. The average molecular weight is 436 g/mol. The third kappa shape index (κ3) is 6.19. The van der Waals surface area contributed by atoms with Gasteiger partial charge in [0.2, 0.25) is 0 Å². The van der Waals surface area contributed by atoms with Crippen LogP contribution in [-0.2, 0) is 15.0 Å². The second-order valence-corrected chi connectivity index (χ2v) is 7.54. The minimum atomic E-state index is -4.64. The highest BCUT2D eigenvalue weighted by Crippen LogP contribution is 2.37. The zero-order chi connectivity index (χ0) is 22.2. The van der Waals surface area contributed by atoms with Crippen LogP contribution in [0.2, 0.25) is 0 Å². The van der Waals surface area contributed by atoms with E-state index in [9.17, 15) is 0 Å². The molecule has 11 nitrogen and oxygen atoms in total. The molecule has 3 heterocycles. The molecule has 0 radical (unpaired) electrons. The Morgan fingerprint density at radius 2 is 1.97 bits per heavy atom. The highest BCUT2D eigenvalue weighted by Gasteiger charge is 2.36. The van der Waals surface area contributed by atoms with E-state index in [1.807, 2.05) is 42.3 Å². The molecule has 0 aliphatic heterocycles. The molecule has 0 aromatic carbocycles. The molecule has 0 saturated heterocycles. The summed E-state index contributed by atoms with van der Waals surface area (Å²) in [7, 11) is -2.87. The Balaban J connectivity index is 0.000000304. The number of nitrogens with zero attached hydrogens (tertiary/aromatic N) is 5. The lowest BCUT2D eigenvalue weighted by molar-refractivity contribution is -0.0819. The van der Waals surface area contributed by atoms with Gasteiger partial charge in [-0.1, -0.05) is 6.92 Å². The van der Waals surface area contributed by atoms with Crippen LogP contribution in [-0.4, -0.2) is 46.5 Å². The van der Waals surface area contributed by atoms with Gasteiger partial charge >= 0.3 is 7.82 Å². The largest absolute Gasteiger partial charge is 0.466 e. The van der Waals surface area contributed by atoms with Crippen LogP contribution in [0.4, 0.5) is 0 Å². The van der Waals surface area contributed by atoms with E-state index >= 15 is 0 Å². The van der Waals surface area contributed by atoms with Crippen molar-refractivity contribution in [3.63, 3.8) is 0 Å². The van der Waals surface area contributed by atoms with Crippen molar-refractivity contribution in [1.82, 2.24) is 24.7 Å². The summed E-state index contributed by atoms with van der Waals surface area (Å²) in [6.07, 6.45) is 12.3. The van der Waals surface area contributed by atoms with E-state index in [1.54, 1.807) is 13.4 Å². The van der Waals surface area contributed by atoms with Crippen molar-refractivity contribution >= 4 is 18.9 Å². The molecular formula is C18H25N6O5P. The van der Waals surface area contributed by atoms with Crippen LogP contribution in [0.1, 0.15) is 39.0 Å². The first kappa shape index (κ1) is 23.7. The number of nitriles is 1. The van der Waals surface area contributed by atoms with Crippen LogP contribution in [0.25, 0.3) is 22.3 Å². The highest BCUT2D eigenvalue weighted by molar-refractivity contribution is 7.45. The zero-order valence-corrected chi connectivity index (χ0v) is 17.7. The summed E-state index contributed by atoms with van der Waals surface area (Å²) in [4.78, 5) is 33.3. The average Bonchev–Trinajstić information content (AvgIpc) is 3.46. The van der Waals surface area contributed by atoms with Gasteiger partial charge in [0.25, 0.3) is 0 Å². The lowest BCUT2D eigenvalue weighted by Gasteiger charge is -2.27. The Morgan fingerprint density at radius 1 is 1.33 bits per heavy atom.